The van der Waals surface area contributed by atoms with Gasteiger partial charge in [-0.25, -0.2) is 4.39 Å². The average molecular weight is 169 g/mol. The SMILES string of the molecule is C[C@H](N)c1cccc(F)c1CO. The van der Waals surface area contributed by atoms with Crippen LogP contribution in [0.15, 0.2) is 18.2 Å². The van der Waals surface area contributed by atoms with Gasteiger partial charge >= 0.3 is 0 Å². The molecule has 3 N–H and O–H groups in total. The van der Waals surface area contributed by atoms with E-state index in [2.05, 4.69) is 0 Å². The van der Waals surface area contributed by atoms with Crippen molar-refractivity contribution in [2.75, 3.05) is 0 Å². The van der Waals surface area contributed by atoms with E-state index in [0.29, 0.717) is 11.1 Å². The molecule has 2 nitrogen and oxygen atoms in total. The third-order valence-corrected chi connectivity index (χ3v) is 1.80. The van der Waals surface area contributed by atoms with Crippen LogP contribution >= 0.6 is 0 Å². The first kappa shape index (κ1) is 9.16. The van der Waals surface area contributed by atoms with E-state index in [1.54, 1.807) is 19.1 Å². The van der Waals surface area contributed by atoms with Crippen molar-refractivity contribution in [2.24, 2.45) is 5.73 Å². The summed E-state index contributed by atoms with van der Waals surface area (Å²) in [4.78, 5) is 0. The normalized spacial score (nSPS) is 13.0. The first-order valence-corrected chi connectivity index (χ1v) is 3.80. The second kappa shape index (κ2) is 3.65. The van der Waals surface area contributed by atoms with Gasteiger partial charge in [-0.1, -0.05) is 12.1 Å². The van der Waals surface area contributed by atoms with Gasteiger partial charge in [0.15, 0.2) is 0 Å². The van der Waals surface area contributed by atoms with Crippen LogP contribution in [0.5, 0.6) is 0 Å². The second-order valence-corrected chi connectivity index (χ2v) is 2.75. The molecule has 1 rings (SSSR count). The molecule has 0 saturated carbocycles. The van der Waals surface area contributed by atoms with Crippen molar-refractivity contribution in [2.45, 2.75) is 19.6 Å². The Kier molecular flexibility index (Phi) is 2.78. The van der Waals surface area contributed by atoms with Crippen LogP contribution in [0.1, 0.15) is 24.1 Å². The van der Waals surface area contributed by atoms with Crippen LogP contribution in [0.3, 0.4) is 0 Å². The van der Waals surface area contributed by atoms with Crippen molar-refractivity contribution in [3.8, 4) is 0 Å². The minimum atomic E-state index is -0.396. The lowest BCUT2D eigenvalue weighted by Gasteiger charge is -2.10. The van der Waals surface area contributed by atoms with Gasteiger partial charge in [-0.05, 0) is 18.6 Å². The summed E-state index contributed by atoms with van der Waals surface area (Å²) in [5, 5.41) is 8.85. The average Bonchev–Trinajstić information content (AvgIpc) is 2.03. The van der Waals surface area contributed by atoms with Crippen LogP contribution in [0.4, 0.5) is 4.39 Å². The monoisotopic (exact) mass is 169 g/mol. The van der Waals surface area contributed by atoms with Crippen LogP contribution < -0.4 is 5.73 Å². The highest BCUT2D eigenvalue weighted by molar-refractivity contribution is 5.30. The molecule has 0 bridgehead atoms. The van der Waals surface area contributed by atoms with Gasteiger partial charge in [0.25, 0.3) is 0 Å². The van der Waals surface area contributed by atoms with Gasteiger partial charge < -0.3 is 10.8 Å². The zero-order chi connectivity index (χ0) is 9.14. The summed E-state index contributed by atoms with van der Waals surface area (Å²) in [6, 6.07) is 4.38. The maximum Gasteiger partial charge on any atom is 0.129 e. The third-order valence-electron chi connectivity index (χ3n) is 1.80. The molecular weight excluding hydrogens is 157 g/mol. The lowest BCUT2D eigenvalue weighted by Crippen LogP contribution is -2.09. The van der Waals surface area contributed by atoms with E-state index >= 15 is 0 Å². The van der Waals surface area contributed by atoms with Gasteiger partial charge in [-0.3, -0.25) is 0 Å². The quantitative estimate of drug-likeness (QED) is 0.701. The number of hydrogen-bond donors (Lipinski definition) is 2. The third kappa shape index (κ3) is 1.62. The number of hydrogen-bond acceptors (Lipinski definition) is 2. The van der Waals surface area contributed by atoms with Gasteiger partial charge in [0, 0.05) is 11.6 Å². The Morgan fingerprint density at radius 2 is 2.25 bits per heavy atom. The predicted molar refractivity (Wildman–Crippen MR) is 44.9 cm³/mol. The van der Waals surface area contributed by atoms with Crippen molar-refractivity contribution >= 4 is 0 Å². The highest BCUT2D eigenvalue weighted by Crippen LogP contribution is 2.18. The molecule has 1 aromatic carbocycles. The Labute approximate surface area is 70.8 Å². The summed E-state index contributed by atoms with van der Waals surface area (Å²) < 4.78 is 13.0. The zero-order valence-electron chi connectivity index (χ0n) is 6.92. The fourth-order valence-corrected chi connectivity index (χ4v) is 1.17. The molecule has 0 amide bonds. The van der Waals surface area contributed by atoms with Crippen molar-refractivity contribution in [3.63, 3.8) is 0 Å². The molecule has 12 heavy (non-hydrogen) atoms. The van der Waals surface area contributed by atoms with Gasteiger partial charge in [0.2, 0.25) is 0 Å². The van der Waals surface area contributed by atoms with E-state index in [9.17, 15) is 4.39 Å². The van der Waals surface area contributed by atoms with Crippen LogP contribution in [-0.4, -0.2) is 5.11 Å². The Morgan fingerprint density at radius 3 is 2.67 bits per heavy atom. The molecule has 1 atom stereocenters. The Balaban J connectivity index is 3.18. The second-order valence-electron chi connectivity index (χ2n) is 2.75. The van der Waals surface area contributed by atoms with E-state index < -0.39 is 5.82 Å². The van der Waals surface area contributed by atoms with Crippen LogP contribution in [0.25, 0.3) is 0 Å². The van der Waals surface area contributed by atoms with Crippen molar-refractivity contribution in [1.29, 1.82) is 0 Å². The number of nitrogens with two attached hydrogens (primary N) is 1. The smallest absolute Gasteiger partial charge is 0.129 e. The predicted octanol–water partition coefficient (Wildman–Crippen LogP) is 1.34. The van der Waals surface area contributed by atoms with Gasteiger partial charge in [0.05, 0.1) is 6.61 Å². The van der Waals surface area contributed by atoms with E-state index in [1.807, 2.05) is 0 Å². The summed E-state index contributed by atoms with van der Waals surface area (Å²) in [5.41, 5.74) is 6.54. The first-order chi connectivity index (χ1) is 5.66. The molecule has 0 heterocycles. The minimum Gasteiger partial charge on any atom is -0.392 e. The van der Waals surface area contributed by atoms with Gasteiger partial charge in [-0.15, -0.1) is 0 Å². The fourth-order valence-electron chi connectivity index (χ4n) is 1.17. The number of aliphatic hydroxyl groups is 1. The first-order valence-electron chi connectivity index (χ1n) is 3.80. The van der Waals surface area contributed by atoms with Crippen molar-refractivity contribution in [1.82, 2.24) is 0 Å². The van der Waals surface area contributed by atoms with Crippen LogP contribution in [0.2, 0.25) is 0 Å². The topological polar surface area (TPSA) is 46.2 Å². The molecule has 0 spiro atoms. The van der Waals surface area contributed by atoms with Crippen molar-refractivity contribution < 1.29 is 9.50 Å². The minimum absolute atomic E-state index is 0.247. The fraction of sp³-hybridized carbons (Fsp3) is 0.333. The zero-order valence-corrected chi connectivity index (χ0v) is 6.92. The molecule has 0 aliphatic heterocycles. The molecule has 0 aliphatic rings. The Hall–Kier alpha value is -0.930. The summed E-state index contributed by atoms with van der Waals surface area (Å²) in [7, 11) is 0. The van der Waals surface area contributed by atoms with E-state index in [1.165, 1.54) is 6.07 Å². The molecule has 0 unspecified atom stereocenters. The van der Waals surface area contributed by atoms with Gasteiger partial charge in [0.1, 0.15) is 5.82 Å². The van der Waals surface area contributed by atoms with Gasteiger partial charge in [-0.2, -0.15) is 0 Å². The molecule has 0 radical (unpaired) electrons. The number of aliphatic hydroxyl groups excluding tert-OH is 1. The number of benzene rings is 1. The maximum atomic E-state index is 13.0. The summed E-state index contributed by atoms with van der Waals surface area (Å²) in [5.74, 6) is -0.396. The summed E-state index contributed by atoms with van der Waals surface area (Å²) in [6.07, 6.45) is 0. The Bertz CT molecular complexity index is 273. The lowest BCUT2D eigenvalue weighted by atomic mass is 10.0. The van der Waals surface area contributed by atoms with E-state index in [-0.39, 0.29) is 12.6 Å². The molecule has 1 aromatic rings. The summed E-state index contributed by atoms with van der Waals surface area (Å²) >= 11 is 0. The molecule has 0 saturated heterocycles. The number of rotatable bonds is 2. The van der Waals surface area contributed by atoms with Crippen LogP contribution in [0, 0.1) is 5.82 Å². The molecular formula is C9H12FNO. The summed E-state index contributed by atoms with van der Waals surface area (Å²) in [6.45, 7) is 1.46. The highest BCUT2D eigenvalue weighted by Gasteiger charge is 2.09. The largest absolute Gasteiger partial charge is 0.392 e. The Morgan fingerprint density at radius 1 is 1.58 bits per heavy atom. The molecule has 0 aliphatic carbocycles. The van der Waals surface area contributed by atoms with E-state index in [0.717, 1.165) is 0 Å². The molecule has 0 fully saturated rings. The number of halogens is 1. The maximum absolute atomic E-state index is 13.0. The van der Waals surface area contributed by atoms with Crippen molar-refractivity contribution in [3.05, 3.63) is 35.1 Å². The molecule has 66 valence electrons. The van der Waals surface area contributed by atoms with E-state index in [4.69, 9.17) is 10.8 Å². The molecule has 3 heteroatoms. The van der Waals surface area contributed by atoms with Crippen LogP contribution in [-0.2, 0) is 6.61 Å². The lowest BCUT2D eigenvalue weighted by molar-refractivity contribution is 0.273. The highest BCUT2D eigenvalue weighted by atomic mass is 19.1. The molecule has 0 aromatic heterocycles. The standard InChI is InChI=1S/C9H12FNO/c1-6(11)7-3-2-4-9(10)8(7)5-12/h2-4,6,12H,5,11H2,1H3/t6-/m0/s1.